The molecule has 0 aliphatic heterocycles. The van der Waals surface area contributed by atoms with Crippen molar-refractivity contribution >= 4 is 15.9 Å². The Morgan fingerprint density at radius 1 is 1.23 bits per heavy atom. The molecule has 2 fully saturated rings. The van der Waals surface area contributed by atoms with Gasteiger partial charge in [0.2, 0.25) is 5.91 Å². The SMILES string of the molecule is COc1ccc(S(=O)(=O)NC(=O)C2CCC3CC3C2)c(C)c1. The van der Waals surface area contributed by atoms with Crippen molar-refractivity contribution in [3.05, 3.63) is 23.8 Å². The number of hydrogen-bond acceptors (Lipinski definition) is 4. The Hall–Kier alpha value is -1.56. The van der Waals surface area contributed by atoms with Crippen LogP contribution in [0.5, 0.6) is 5.75 Å². The minimum atomic E-state index is -3.82. The zero-order chi connectivity index (χ0) is 15.9. The molecule has 1 amide bonds. The lowest BCUT2D eigenvalue weighted by atomic mass is 9.89. The molecule has 3 unspecified atom stereocenters. The number of nitrogens with one attached hydrogen (secondary N) is 1. The zero-order valence-corrected chi connectivity index (χ0v) is 13.7. The van der Waals surface area contributed by atoms with Crippen LogP contribution in [0.4, 0.5) is 0 Å². The summed E-state index contributed by atoms with van der Waals surface area (Å²) in [4.78, 5) is 12.4. The van der Waals surface area contributed by atoms with Crippen molar-refractivity contribution in [2.24, 2.45) is 17.8 Å². The second-order valence-corrected chi connectivity index (χ2v) is 8.02. The Morgan fingerprint density at radius 2 is 2.00 bits per heavy atom. The van der Waals surface area contributed by atoms with Crippen LogP contribution in [0.3, 0.4) is 0 Å². The van der Waals surface area contributed by atoms with E-state index in [9.17, 15) is 13.2 Å². The lowest BCUT2D eigenvalue weighted by Gasteiger charge is -2.20. The third-order valence-electron chi connectivity index (χ3n) is 4.82. The summed E-state index contributed by atoms with van der Waals surface area (Å²) >= 11 is 0. The van der Waals surface area contributed by atoms with Gasteiger partial charge in [-0.15, -0.1) is 0 Å². The van der Waals surface area contributed by atoms with Crippen LogP contribution in [0.25, 0.3) is 0 Å². The highest BCUT2D eigenvalue weighted by Gasteiger charge is 2.44. The van der Waals surface area contributed by atoms with E-state index in [4.69, 9.17) is 4.74 Å². The molecule has 0 spiro atoms. The van der Waals surface area contributed by atoms with Gasteiger partial charge < -0.3 is 4.74 Å². The van der Waals surface area contributed by atoms with Gasteiger partial charge in [-0.05, 0) is 68.2 Å². The van der Waals surface area contributed by atoms with Gasteiger partial charge in [0.1, 0.15) is 5.75 Å². The van der Waals surface area contributed by atoms with Crippen molar-refractivity contribution in [3.8, 4) is 5.75 Å². The molecule has 6 heteroatoms. The zero-order valence-electron chi connectivity index (χ0n) is 12.8. The Balaban J connectivity index is 1.73. The molecule has 1 aromatic rings. The summed E-state index contributed by atoms with van der Waals surface area (Å²) in [6, 6.07) is 4.71. The first-order valence-electron chi connectivity index (χ1n) is 7.62. The Kier molecular flexibility index (Phi) is 3.89. The molecule has 2 aliphatic carbocycles. The largest absolute Gasteiger partial charge is 0.497 e. The summed E-state index contributed by atoms with van der Waals surface area (Å²) in [7, 11) is -2.30. The topological polar surface area (TPSA) is 72.5 Å². The maximum absolute atomic E-state index is 12.4. The predicted molar refractivity (Wildman–Crippen MR) is 82.0 cm³/mol. The Bertz CT molecular complexity index is 698. The Morgan fingerprint density at radius 3 is 2.64 bits per heavy atom. The highest BCUT2D eigenvalue weighted by molar-refractivity contribution is 7.90. The van der Waals surface area contributed by atoms with Gasteiger partial charge >= 0.3 is 0 Å². The number of carbonyl (C=O) groups excluding carboxylic acids is 1. The van der Waals surface area contributed by atoms with E-state index in [-0.39, 0.29) is 16.7 Å². The Labute approximate surface area is 131 Å². The molecule has 2 aliphatic rings. The highest BCUT2D eigenvalue weighted by Crippen LogP contribution is 2.51. The molecule has 1 N–H and O–H groups in total. The number of ether oxygens (including phenoxy) is 1. The number of amides is 1. The van der Waals surface area contributed by atoms with Crippen LogP contribution in [-0.4, -0.2) is 21.4 Å². The van der Waals surface area contributed by atoms with Crippen molar-refractivity contribution in [1.29, 1.82) is 0 Å². The van der Waals surface area contributed by atoms with E-state index in [1.165, 1.54) is 19.6 Å². The first-order chi connectivity index (χ1) is 10.4. The fourth-order valence-corrected chi connectivity index (χ4v) is 4.68. The van der Waals surface area contributed by atoms with Gasteiger partial charge in [-0.25, -0.2) is 13.1 Å². The third kappa shape index (κ3) is 2.97. The van der Waals surface area contributed by atoms with E-state index in [0.29, 0.717) is 17.2 Å². The number of carbonyl (C=O) groups is 1. The molecule has 0 saturated heterocycles. The van der Waals surface area contributed by atoms with E-state index in [0.717, 1.165) is 25.2 Å². The molecule has 0 radical (unpaired) electrons. The van der Waals surface area contributed by atoms with Crippen LogP contribution in [0.1, 0.15) is 31.2 Å². The predicted octanol–water partition coefficient (Wildman–Crippen LogP) is 2.24. The molecule has 0 heterocycles. The molecule has 1 aromatic carbocycles. The van der Waals surface area contributed by atoms with Gasteiger partial charge in [0, 0.05) is 5.92 Å². The number of hydrogen-bond donors (Lipinski definition) is 1. The van der Waals surface area contributed by atoms with Crippen molar-refractivity contribution in [3.63, 3.8) is 0 Å². The van der Waals surface area contributed by atoms with E-state index < -0.39 is 10.0 Å². The summed E-state index contributed by atoms with van der Waals surface area (Å²) in [5, 5.41) is 0. The van der Waals surface area contributed by atoms with Crippen LogP contribution in [0.2, 0.25) is 0 Å². The van der Waals surface area contributed by atoms with Gasteiger partial charge in [0.25, 0.3) is 10.0 Å². The van der Waals surface area contributed by atoms with Crippen molar-refractivity contribution in [1.82, 2.24) is 4.72 Å². The quantitative estimate of drug-likeness (QED) is 0.922. The van der Waals surface area contributed by atoms with Crippen LogP contribution in [-0.2, 0) is 14.8 Å². The molecule has 120 valence electrons. The standard InChI is InChI=1S/C16H21NO4S/c1-10-7-14(21-2)5-6-15(10)22(19,20)17-16(18)12-4-3-11-8-13(11)9-12/h5-7,11-13H,3-4,8-9H2,1-2H3,(H,17,18). The van der Waals surface area contributed by atoms with Gasteiger partial charge in [0.05, 0.1) is 12.0 Å². The number of sulfonamides is 1. The van der Waals surface area contributed by atoms with E-state index in [2.05, 4.69) is 4.72 Å². The van der Waals surface area contributed by atoms with Crippen LogP contribution < -0.4 is 9.46 Å². The average Bonchev–Trinajstić information content (AvgIpc) is 3.24. The molecular formula is C16H21NO4S. The normalized spacial score (nSPS) is 26.9. The lowest BCUT2D eigenvalue weighted by molar-refractivity contribution is -0.124. The van der Waals surface area contributed by atoms with Gasteiger partial charge in [-0.3, -0.25) is 4.79 Å². The summed E-state index contributed by atoms with van der Waals surface area (Å²) in [6.07, 6.45) is 3.87. The smallest absolute Gasteiger partial charge is 0.264 e. The first-order valence-corrected chi connectivity index (χ1v) is 9.10. The summed E-state index contributed by atoms with van der Waals surface area (Å²) < 4.78 is 32.2. The van der Waals surface area contributed by atoms with E-state index in [1.807, 2.05) is 0 Å². The molecule has 0 bridgehead atoms. The first kappa shape index (κ1) is 15.3. The van der Waals surface area contributed by atoms with Crippen LogP contribution >= 0.6 is 0 Å². The molecule has 5 nitrogen and oxygen atoms in total. The summed E-state index contributed by atoms with van der Waals surface area (Å²) in [6.45, 7) is 1.69. The molecular weight excluding hydrogens is 302 g/mol. The second kappa shape index (κ2) is 5.57. The lowest BCUT2D eigenvalue weighted by Crippen LogP contribution is -2.37. The molecule has 2 saturated carbocycles. The third-order valence-corrected chi connectivity index (χ3v) is 6.33. The molecule has 0 aromatic heterocycles. The van der Waals surface area contributed by atoms with E-state index in [1.54, 1.807) is 19.1 Å². The summed E-state index contributed by atoms with van der Waals surface area (Å²) in [5.41, 5.74) is 0.561. The second-order valence-electron chi connectivity index (χ2n) is 6.37. The number of benzene rings is 1. The molecule has 3 atom stereocenters. The van der Waals surface area contributed by atoms with Crippen molar-refractivity contribution in [2.75, 3.05) is 7.11 Å². The monoisotopic (exact) mass is 323 g/mol. The summed E-state index contributed by atoms with van der Waals surface area (Å²) in [5.74, 6) is 1.48. The number of fused-ring (bicyclic) bond motifs is 1. The number of aryl methyl sites for hydroxylation is 1. The average molecular weight is 323 g/mol. The maximum Gasteiger partial charge on any atom is 0.264 e. The van der Waals surface area contributed by atoms with E-state index >= 15 is 0 Å². The fraction of sp³-hybridized carbons (Fsp3) is 0.562. The number of rotatable bonds is 4. The minimum absolute atomic E-state index is 0.127. The number of methoxy groups -OCH3 is 1. The molecule has 22 heavy (non-hydrogen) atoms. The highest BCUT2D eigenvalue weighted by atomic mass is 32.2. The van der Waals surface area contributed by atoms with Crippen LogP contribution in [0.15, 0.2) is 23.1 Å². The minimum Gasteiger partial charge on any atom is -0.497 e. The van der Waals surface area contributed by atoms with Crippen molar-refractivity contribution < 1.29 is 17.9 Å². The maximum atomic E-state index is 12.4. The van der Waals surface area contributed by atoms with Crippen molar-refractivity contribution in [2.45, 2.75) is 37.5 Å². The fourth-order valence-electron chi connectivity index (χ4n) is 3.41. The van der Waals surface area contributed by atoms with Gasteiger partial charge in [0.15, 0.2) is 0 Å². The van der Waals surface area contributed by atoms with Gasteiger partial charge in [-0.2, -0.15) is 0 Å². The van der Waals surface area contributed by atoms with Gasteiger partial charge in [-0.1, -0.05) is 0 Å². The molecule has 3 rings (SSSR count). The van der Waals surface area contributed by atoms with Crippen LogP contribution in [0, 0.1) is 24.7 Å².